The van der Waals surface area contributed by atoms with E-state index in [2.05, 4.69) is 0 Å². The van der Waals surface area contributed by atoms with Crippen LogP contribution >= 0.6 is 0 Å². The summed E-state index contributed by atoms with van der Waals surface area (Å²) in [5, 5.41) is 17.3. The molecule has 0 aromatic heterocycles. The molecule has 16 heteroatoms. The number of halogens is 12. The van der Waals surface area contributed by atoms with Crippen LogP contribution in [0.1, 0.15) is 11.1 Å². The standard InChI is InChI=1S/C14H6F12O4/c15-11(16,17)9(7(27)28,12(18,19)20)5-1-2-6(4-3-5)10(8(29)30,13(21,22)23)14(24,25)26/h1-4H,(H,27,28)(H,29,30). The number of hydrogen-bond donors (Lipinski definition) is 2. The topological polar surface area (TPSA) is 74.6 Å². The van der Waals surface area contributed by atoms with Gasteiger partial charge in [0.25, 0.3) is 10.8 Å². The highest BCUT2D eigenvalue weighted by Crippen LogP contribution is 2.55. The van der Waals surface area contributed by atoms with Crippen molar-refractivity contribution < 1.29 is 72.5 Å². The lowest BCUT2D eigenvalue weighted by Crippen LogP contribution is -2.60. The van der Waals surface area contributed by atoms with E-state index >= 15 is 0 Å². The molecule has 0 aliphatic heterocycles. The van der Waals surface area contributed by atoms with Gasteiger partial charge < -0.3 is 10.2 Å². The van der Waals surface area contributed by atoms with Gasteiger partial charge in [0.15, 0.2) is 0 Å². The lowest BCUT2D eigenvalue weighted by Gasteiger charge is -2.36. The van der Waals surface area contributed by atoms with Gasteiger partial charge in [0.2, 0.25) is 0 Å². The number of carboxylic acid groups (broad SMARTS) is 2. The first-order chi connectivity index (χ1) is 13.1. The molecular weight excluding hydrogens is 460 g/mol. The second-order valence-electron chi connectivity index (χ2n) is 5.68. The number of hydrogen-bond acceptors (Lipinski definition) is 2. The van der Waals surface area contributed by atoms with Crippen molar-refractivity contribution in [2.24, 2.45) is 0 Å². The SMILES string of the molecule is O=C(O)C(c1ccc(C(C(=O)O)(C(F)(F)F)C(F)(F)F)cc1)(C(F)(F)F)C(F)(F)F. The third-order valence-electron chi connectivity index (χ3n) is 4.09. The second-order valence-corrected chi connectivity index (χ2v) is 5.68. The molecule has 1 aromatic rings. The lowest BCUT2D eigenvalue weighted by molar-refractivity contribution is -0.300. The Bertz CT molecular complexity index is 717. The highest BCUT2D eigenvalue weighted by Gasteiger charge is 2.79. The fourth-order valence-electron chi connectivity index (χ4n) is 2.68. The predicted molar refractivity (Wildman–Crippen MR) is 69.3 cm³/mol. The van der Waals surface area contributed by atoms with Gasteiger partial charge in [-0.15, -0.1) is 0 Å². The Balaban J connectivity index is 3.96. The van der Waals surface area contributed by atoms with E-state index in [1.165, 1.54) is 0 Å². The van der Waals surface area contributed by atoms with E-state index in [0.29, 0.717) is 0 Å². The molecule has 1 rings (SSSR count). The number of rotatable bonds is 4. The molecule has 0 aliphatic rings. The van der Waals surface area contributed by atoms with E-state index in [9.17, 15) is 62.3 Å². The first-order valence-corrected chi connectivity index (χ1v) is 6.94. The molecule has 0 saturated carbocycles. The average molecular weight is 466 g/mol. The van der Waals surface area contributed by atoms with Gasteiger partial charge in [-0.2, -0.15) is 52.7 Å². The van der Waals surface area contributed by atoms with Gasteiger partial charge >= 0.3 is 36.6 Å². The summed E-state index contributed by atoms with van der Waals surface area (Å²) in [7, 11) is 0. The molecule has 0 heterocycles. The van der Waals surface area contributed by atoms with Gasteiger partial charge in [0, 0.05) is 0 Å². The van der Waals surface area contributed by atoms with Crippen molar-refractivity contribution in [2.75, 3.05) is 0 Å². The van der Waals surface area contributed by atoms with E-state index in [4.69, 9.17) is 10.2 Å². The zero-order chi connectivity index (χ0) is 24.1. The fraction of sp³-hybridized carbons (Fsp3) is 0.429. The molecule has 30 heavy (non-hydrogen) atoms. The third-order valence-corrected chi connectivity index (χ3v) is 4.09. The van der Waals surface area contributed by atoms with Crippen LogP contribution in [-0.4, -0.2) is 46.9 Å². The summed E-state index contributed by atoms with van der Waals surface area (Å²) in [6.45, 7) is 0. The monoisotopic (exact) mass is 466 g/mol. The summed E-state index contributed by atoms with van der Waals surface area (Å²) in [5.74, 6) is -7.13. The first kappa shape index (κ1) is 25.4. The van der Waals surface area contributed by atoms with Gasteiger partial charge in [0.1, 0.15) is 0 Å². The Morgan fingerprint density at radius 3 is 0.767 bits per heavy atom. The van der Waals surface area contributed by atoms with Crippen LogP contribution in [0.25, 0.3) is 0 Å². The van der Waals surface area contributed by atoms with Crippen LogP contribution in [0.2, 0.25) is 0 Å². The Hall–Kier alpha value is -2.68. The van der Waals surface area contributed by atoms with Crippen molar-refractivity contribution in [1.29, 1.82) is 0 Å². The van der Waals surface area contributed by atoms with Crippen LogP contribution in [0.5, 0.6) is 0 Å². The fourth-order valence-corrected chi connectivity index (χ4v) is 2.68. The van der Waals surface area contributed by atoms with Crippen molar-refractivity contribution in [3.63, 3.8) is 0 Å². The predicted octanol–water partition coefficient (Wildman–Crippen LogP) is 4.58. The maximum atomic E-state index is 13.1. The molecule has 0 radical (unpaired) electrons. The number of benzene rings is 1. The molecule has 0 fully saturated rings. The van der Waals surface area contributed by atoms with Crippen LogP contribution in [0, 0.1) is 0 Å². The van der Waals surface area contributed by atoms with Crippen LogP contribution < -0.4 is 0 Å². The van der Waals surface area contributed by atoms with E-state index in [1.54, 1.807) is 0 Å². The van der Waals surface area contributed by atoms with Gasteiger partial charge in [-0.25, -0.2) is 0 Å². The Kier molecular flexibility index (Phi) is 5.86. The summed E-state index contributed by atoms with van der Waals surface area (Å²) in [6, 6.07) is -2.45. The van der Waals surface area contributed by atoms with E-state index in [-0.39, 0.29) is 0 Å². The Morgan fingerprint density at radius 1 is 0.500 bits per heavy atom. The quantitative estimate of drug-likeness (QED) is 0.638. The molecular formula is C14H6F12O4. The van der Waals surface area contributed by atoms with Crippen LogP contribution in [0.3, 0.4) is 0 Å². The largest absolute Gasteiger partial charge is 0.480 e. The summed E-state index contributed by atoms with van der Waals surface area (Å²) in [6.07, 6.45) is -26.5. The zero-order valence-electron chi connectivity index (χ0n) is 13.6. The molecule has 0 unspecified atom stereocenters. The van der Waals surface area contributed by atoms with Crippen molar-refractivity contribution in [3.8, 4) is 0 Å². The molecule has 0 bridgehead atoms. The average Bonchev–Trinajstić information content (AvgIpc) is 2.42. The summed E-state index contributed by atoms with van der Waals surface area (Å²) in [5.41, 5.74) is -16.0. The van der Waals surface area contributed by atoms with Gasteiger partial charge in [-0.1, -0.05) is 24.3 Å². The van der Waals surface area contributed by atoms with Crippen molar-refractivity contribution >= 4 is 11.9 Å². The second kappa shape index (κ2) is 6.94. The highest BCUT2D eigenvalue weighted by molar-refractivity contribution is 5.85. The normalized spacial score (nSPS) is 14.5. The molecule has 0 saturated heterocycles. The van der Waals surface area contributed by atoms with Crippen molar-refractivity contribution in [2.45, 2.75) is 35.5 Å². The van der Waals surface area contributed by atoms with E-state index in [1.807, 2.05) is 0 Å². The lowest BCUT2D eigenvalue weighted by atomic mass is 9.75. The number of carboxylic acids is 2. The number of carbonyl (C=O) groups is 2. The molecule has 170 valence electrons. The van der Waals surface area contributed by atoms with E-state index < -0.39 is 82.9 Å². The molecule has 0 amide bonds. The molecule has 0 spiro atoms. The Morgan fingerprint density at radius 2 is 0.667 bits per heavy atom. The smallest absolute Gasteiger partial charge is 0.417 e. The summed E-state index contributed by atoms with van der Waals surface area (Å²) >= 11 is 0. The van der Waals surface area contributed by atoms with Gasteiger partial charge in [-0.3, -0.25) is 9.59 Å². The van der Waals surface area contributed by atoms with Crippen LogP contribution in [0.15, 0.2) is 24.3 Å². The maximum absolute atomic E-state index is 13.1. The summed E-state index contributed by atoms with van der Waals surface area (Å²) < 4.78 is 157. The minimum Gasteiger partial charge on any atom is -0.480 e. The van der Waals surface area contributed by atoms with Crippen molar-refractivity contribution in [3.05, 3.63) is 35.4 Å². The molecule has 2 N–H and O–H groups in total. The molecule has 0 atom stereocenters. The highest BCUT2D eigenvalue weighted by atomic mass is 19.4. The minimum atomic E-state index is -6.63. The first-order valence-electron chi connectivity index (χ1n) is 6.94. The minimum absolute atomic E-state index is 0.612. The third kappa shape index (κ3) is 3.30. The van der Waals surface area contributed by atoms with E-state index in [0.717, 1.165) is 0 Å². The number of alkyl halides is 12. The Labute approximate surface area is 156 Å². The maximum Gasteiger partial charge on any atom is 0.417 e. The molecule has 1 aromatic carbocycles. The van der Waals surface area contributed by atoms with Gasteiger partial charge in [-0.05, 0) is 11.1 Å². The zero-order valence-corrected chi connectivity index (χ0v) is 13.6. The molecule has 4 nitrogen and oxygen atoms in total. The van der Waals surface area contributed by atoms with Crippen LogP contribution in [-0.2, 0) is 20.4 Å². The van der Waals surface area contributed by atoms with Crippen LogP contribution in [0.4, 0.5) is 52.7 Å². The number of aliphatic carboxylic acids is 2. The summed E-state index contributed by atoms with van der Waals surface area (Å²) in [4.78, 5) is 21.9. The van der Waals surface area contributed by atoms with Crippen molar-refractivity contribution in [1.82, 2.24) is 0 Å². The van der Waals surface area contributed by atoms with Gasteiger partial charge in [0.05, 0.1) is 0 Å². The molecule has 0 aliphatic carbocycles.